The minimum absolute atomic E-state index is 0.312. The molecule has 0 radical (unpaired) electrons. The molecule has 3 unspecified atom stereocenters. The van der Waals surface area contributed by atoms with Crippen LogP contribution in [0.5, 0.6) is 0 Å². The van der Waals surface area contributed by atoms with Crippen LogP contribution < -0.4 is 0 Å². The number of fused-ring (bicyclic) bond motifs is 1. The molecule has 116 valence electrons. The Morgan fingerprint density at radius 3 is 2.55 bits per heavy atom. The quantitative estimate of drug-likeness (QED) is 0.524. The van der Waals surface area contributed by atoms with Gasteiger partial charge in [0.25, 0.3) is 0 Å². The Morgan fingerprint density at radius 2 is 1.80 bits per heavy atom. The van der Waals surface area contributed by atoms with Gasteiger partial charge in [-0.25, -0.2) is 0 Å². The molecular formula is C17H30ClNO. The van der Waals surface area contributed by atoms with Gasteiger partial charge in [-0.2, -0.15) is 0 Å². The maximum atomic E-state index is 12.5. The Balaban J connectivity index is 1.74. The van der Waals surface area contributed by atoms with E-state index in [0.717, 1.165) is 56.4 Å². The van der Waals surface area contributed by atoms with E-state index in [-0.39, 0.29) is 0 Å². The highest BCUT2D eigenvalue weighted by Gasteiger charge is 2.35. The fraction of sp³-hybridized carbons (Fsp3) is 0.941. The van der Waals surface area contributed by atoms with Gasteiger partial charge in [-0.05, 0) is 43.9 Å². The van der Waals surface area contributed by atoms with Gasteiger partial charge in [0.1, 0.15) is 0 Å². The van der Waals surface area contributed by atoms with Gasteiger partial charge in [-0.1, -0.05) is 32.1 Å². The molecule has 2 fully saturated rings. The van der Waals surface area contributed by atoms with Gasteiger partial charge in [-0.15, -0.1) is 11.6 Å². The molecule has 0 spiro atoms. The second-order valence-corrected chi connectivity index (χ2v) is 7.20. The molecule has 2 aliphatic rings. The average molecular weight is 300 g/mol. The molecule has 2 aliphatic carbocycles. The molecule has 3 heteroatoms. The van der Waals surface area contributed by atoms with Gasteiger partial charge in [0, 0.05) is 25.4 Å². The molecule has 20 heavy (non-hydrogen) atoms. The predicted molar refractivity (Wildman–Crippen MR) is 85.0 cm³/mol. The molecule has 2 rings (SSSR count). The van der Waals surface area contributed by atoms with Crippen LogP contribution in [0.15, 0.2) is 0 Å². The highest BCUT2D eigenvalue weighted by Crippen LogP contribution is 2.43. The first-order valence-electron chi connectivity index (χ1n) is 8.53. The topological polar surface area (TPSA) is 20.3 Å². The lowest BCUT2D eigenvalue weighted by atomic mass is 9.67. The lowest BCUT2D eigenvalue weighted by Gasteiger charge is -2.39. The molecular weight excluding hydrogens is 270 g/mol. The van der Waals surface area contributed by atoms with Crippen molar-refractivity contribution in [2.75, 3.05) is 19.5 Å². The van der Waals surface area contributed by atoms with Crippen molar-refractivity contribution in [2.24, 2.45) is 17.8 Å². The molecule has 0 bridgehead atoms. The van der Waals surface area contributed by atoms with Crippen molar-refractivity contribution in [3.63, 3.8) is 0 Å². The molecule has 0 aromatic rings. The van der Waals surface area contributed by atoms with Crippen LogP contribution in [0.4, 0.5) is 0 Å². The molecule has 2 nitrogen and oxygen atoms in total. The highest BCUT2D eigenvalue weighted by atomic mass is 35.5. The molecule has 0 saturated heterocycles. The number of carbonyl (C=O) groups is 1. The maximum Gasteiger partial charge on any atom is 0.225 e. The van der Waals surface area contributed by atoms with E-state index < -0.39 is 0 Å². The van der Waals surface area contributed by atoms with Crippen molar-refractivity contribution in [3.8, 4) is 0 Å². The summed E-state index contributed by atoms with van der Waals surface area (Å²) in [5.74, 6) is 3.23. The molecule has 2 saturated carbocycles. The van der Waals surface area contributed by atoms with Crippen LogP contribution in [-0.2, 0) is 4.79 Å². The Labute approximate surface area is 129 Å². The lowest BCUT2D eigenvalue weighted by molar-refractivity contribution is -0.136. The third-order valence-corrected chi connectivity index (χ3v) is 5.66. The van der Waals surface area contributed by atoms with Crippen LogP contribution in [0.25, 0.3) is 0 Å². The summed E-state index contributed by atoms with van der Waals surface area (Å²) >= 11 is 5.69. The van der Waals surface area contributed by atoms with Crippen LogP contribution in [0.1, 0.15) is 64.2 Å². The summed E-state index contributed by atoms with van der Waals surface area (Å²) in [6.07, 6.45) is 12.5. The van der Waals surface area contributed by atoms with Crippen LogP contribution >= 0.6 is 11.6 Å². The van der Waals surface area contributed by atoms with E-state index >= 15 is 0 Å². The number of rotatable bonds is 6. The Kier molecular flexibility index (Phi) is 6.67. The number of hydrogen-bond acceptors (Lipinski definition) is 1. The number of alkyl halides is 1. The molecule has 0 heterocycles. The van der Waals surface area contributed by atoms with Gasteiger partial charge in [0.05, 0.1) is 0 Å². The molecule has 0 aromatic carbocycles. The van der Waals surface area contributed by atoms with Crippen LogP contribution in [0.2, 0.25) is 0 Å². The van der Waals surface area contributed by atoms with E-state index in [1.807, 2.05) is 11.9 Å². The van der Waals surface area contributed by atoms with Crippen molar-refractivity contribution >= 4 is 17.5 Å². The monoisotopic (exact) mass is 299 g/mol. The van der Waals surface area contributed by atoms with Crippen molar-refractivity contribution in [2.45, 2.75) is 64.2 Å². The summed E-state index contributed by atoms with van der Waals surface area (Å²) in [7, 11) is 1.98. The van der Waals surface area contributed by atoms with Gasteiger partial charge in [-0.3, -0.25) is 4.79 Å². The van der Waals surface area contributed by atoms with Gasteiger partial charge in [0.15, 0.2) is 0 Å². The SMILES string of the molecule is CN(CCCCCCl)C(=O)C1CCC2CCCCC2C1. The van der Waals surface area contributed by atoms with E-state index in [9.17, 15) is 4.79 Å². The van der Waals surface area contributed by atoms with E-state index in [0.29, 0.717) is 11.8 Å². The first kappa shape index (κ1) is 16.1. The minimum atomic E-state index is 0.312. The smallest absolute Gasteiger partial charge is 0.225 e. The number of hydrogen-bond donors (Lipinski definition) is 0. The summed E-state index contributed by atoms with van der Waals surface area (Å²) in [5, 5.41) is 0. The molecule has 3 atom stereocenters. The lowest BCUT2D eigenvalue weighted by Crippen LogP contribution is -2.38. The van der Waals surface area contributed by atoms with E-state index in [2.05, 4.69) is 0 Å². The third-order valence-electron chi connectivity index (χ3n) is 5.39. The summed E-state index contributed by atoms with van der Waals surface area (Å²) in [6.45, 7) is 0.903. The summed E-state index contributed by atoms with van der Waals surface area (Å²) < 4.78 is 0. The predicted octanol–water partition coefficient (Wildman–Crippen LogP) is 4.46. The van der Waals surface area contributed by atoms with Crippen molar-refractivity contribution in [3.05, 3.63) is 0 Å². The maximum absolute atomic E-state index is 12.5. The van der Waals surface area contributed by atoms with Crippen molar-refractivity contribution < 1.29 is 4.79 Å². The average Bonchev–Trinajstić information content (AvgIpc) is 2.50. The van der Waals surface area contributed by atoms with Gasteiger partial charge < -0.3 is 4.90 Å². The fourth-order valence-corrected chi connectivity index (χ4v) is 4.33. The fourth-order valence-electron chi connectivity index (χ4n) is 4.14. The normalized spacial score (nSPS) is 29.8. The van der Waals surface area contributed by atoms with Crippen molar-refractivity contribution in [1.82, 2.24) is 4.90 Å². The van der Waals surface area contributed by atoms with Crippen LogP contribution in [-0.4, -0.2) is 30.3 Å². The Morgan fingerprint density at radius 1 is 1.05 bits per heavy atom. The molecule has 0 aromatic heterocycles. The first-order valence-corrected chi connectivity index (χ1v) is 9.06. The second kappa shape index (κ2) is 8.26. The number of unbranched alkanes of at least 4 members (excludes halogenated alkanes) is 2. The van der Waals surface area contributed by atoms with E-state index in [1.54, 1.807) is 0 Å². The van der Waals surface area contributed by atoms with Gasteiger partial charge in [0.2, 0.25) is 5.91 Å². The summed E-state index contributed by atoms with van der Waals surface area (Å²) in [6, 6.07) is 0. The third kappa shape index (κ3) is 4.38. The molecule has 1 amide bonds. The summed E-state index contributed by atoms with van der Waals surface area (Å²) in [4.78, 5) is 14.5. The van der Waals surface area contributed by atoms with Crippen LogP contribution in [0.3, 0.4) is 0 Å². The van der Waals surface area contributed by atoms with E-state index in [4.69, 9.17) is 11.6 Å². The second-order valence-electron chi connectivity index (χ2n) is 6.82. The highest BCUT2D eigenvalue weighted by molar-refractivity contribution is 6.17. The van der Waals surface area contributed by atoms with Gasteiger partial charge >= 0.3 is 0 Å². The molecule has 0 N–H and O–H groups in total. The molecule has 0 aliphatic heterocycles. The first-order chi connectivity index (χ1) is 9.72. The standard InChI is InChI=1S/C17H30ClNO/c1-19(12-6-2-5-11-18)17(20)16-10-9-14-7-3-4-8-15(14)13-16/h14-16H,2-13H2,1H3. The number of halogens is 1. The minimum Gasteiger partial charge on any atom is -0.346 e. The number of carbonyl (C=O) groups excluding carboxylic acids is 1. The van der Waals surface area contributed by atoms with E-state index in [1.165, 1.54) is 32.1 Å². The summed E-state index contributed by atoms with van der Waals surface area (Å²) in [5.41, 5.74) is 0. The van der Waals surface area contributed by atoms with Crippen molar-refractivity contribution in [1.29, 1.82) is 0 Å². The zero-order chi connectivity index (χ0) is 14.4. The number of amides is 1. The Bertz CT molecular complexity index is 307. The zero-order valence-corrected chi connectivity index (χ0v) is 13.7. The Hall–Kier alpha value is -0.240. The van der Waals surface area contributed by atoms with Crippen LogP contribution in [0, 0.1) is 17.8 Å². The largest absolute Gasteiger partial charge is 0.346 e. The zero-order valence-electron chi connectivity index (χ0n) is 13.0. The number of nitrogens with zero attached hydrogens (tertiary/aromatic N) is 1.